The average Bonchev–Trinajstić information content (AvgIpc) is 3.36. The zero-order valence-corrected chi connectivity index (χ0v) is 49.2. The number of benzene rings is 4. The van der Waals surface area contributed by atoms with Crippen LogP contribution < -0.4 is 21.1 Å². The zero-order valence-electron chi connectivity index (χ0n) is 49.2. The van der Waals surface area contributed by atoms with Crippen LogP contribution in [0.1, 0.15) is 222 Å². The van der Waals surface area contributed by atoms with Crippen molar-refractivity contribution in [1.29, 1.82) is 5.26 Å². The Bertz CT molecular complexity index is 2360. The maximum atomic E-state index is 10.5. The maximum absolute atomic E-state index is 10.5. The standard InChI is InChI=1S/C34H51NO2.C32H51N3O2/c1-9-34(10-2,30-19-20-31(27(5)25-30)37-23-15-13-12-14-22-35)29-18-16-28(26(4)24-29)17-21-32(36-11-3)33(6,7)8;1-8-32(9-2,26-16-14-25(23(3)21-26)15-19-29(36)31(5,6)7)27-17-18-28(24(4)22-27)37-20-12-10-11-13-30(33)35-34/h16,18-20,24-25,32H,9-15,17,21,23H2,1-8H3;14,16-18,21-22,29,36H,8-13,15,19-20,34H2,1-7H3,(H2,33,35). The molecule has 4 aromatic carbocycles. The number of nitriles is 1. The second kappa shape index (κ2) is 30.6. The van der Waals surface area contributed by atoms with E-state index in [1.807, 2.05) is 0 Å². The highest BCUT2D eigenvalue weighted by Gasteiger charge is 2.33. The minimum absolute atomic E-state index is 0.0108. The Balaban J connectivity index is 0.000000390. The Kier molecular flexibility index (Phi) is 26.3. The van der Waals surface area contributed by atoms with Crippen molar-refractivity contribution >= 4 is 5.84 Å². The number of rotatable bonds is 29. The van der Waals surface area contributed by atoms with Crippen molar-refractivity contribution in [3.63, 3.8) is 0 Å². The summed E-state index contributed by atoms with van der Waals surface area (Å²) in [5, 5.41) is 22.7. The Labute approximate surface area is 451 Å². The van der Waals surface area contributed by atoms with Crippen LogP contribution in [0.3, 0.4) is 0 Å². The number of nitrogens with zero attached hydrogens (tertiary/aromatic N) is 2. The van der Waals surface area contributed by atoms with Gasteiger partial charge in [0.15, 0.2) is 0 Å². The van der Waals surface area contributed by atoms with Crippen molar-refractivity contribution < 1.29 is 19.3 Å². The van der Waals surface area contributed by atoms with Gasteiger partial charge in [-0.3, -0.25) is 0 Å². The summed E-state index contributed by atoms with van der Waals surface area (Å²) < 4.78 is 18.3. The summed E-state index contributed by atoms with van der Waals surface area (Å²) in [6.07, 6.45) is 15.2. The number of aliphatic hydroxyl groups is 1. The van der Waals surface area contributed by atoms with Crippen molar-refractivity contribution in [3.05, 3.63) is 128 Å². The first-order valence-electron chi connectivity index (χ1n) is 28.5. The topological polar surface area (TPSA) is 136 Å². The summed E-state index contributed by atoms with van der Waals surface area (Å²) >= 11 is 0. The van der Waals surface area contributed by atoms with Gasteiger partial charge in [-0.25, -0.2) is 0 Å². The molecule has 4 aromatic rings. The molecule has 0 heterocycles. The van der Waals surface area contributed by atoms with Crippen molar-refractivity contribution in [3.8, 4) is 17.6 Å². The molecule has 0 saturated heterocycles. The molecule has 2 atom stereocenters. The van der Waals surface area contributed by atoms with Gasteiger partial charge in [0.2, 0.25) is 0 Å². The lowest BCUT2D eigenvalue weighted by Crippen LogP contribution is -2.30. The van der Waals surface area contributed by atoms with E-state index >= 15 is 0 Å². The molecule has 74 heavy (non-hydrogen) atoms. The van der Waals surface area contributed by atoms with Crippen LogP contribution in [-0.4, -0.2) is 43.0 Å². The van der Waals surface area contributed by atoms with Gasteiger partial charge in [-0.05, 0) is 203 Å². The van der Waals surface area contributed by atoms with Gasteiger partial charge >= 0.3 is 0 Å². The van der Waals surface area contributed by atoms with Crippen LogP contribution >= 0.6 is 0 Å². The monoisotopic (exact) mass is 1010 g/mol. The van der Waals surface area contributed by atoms with Crippen LogP contribution in [0.15, 0.2) is 77.9 Å². The molecular formula is C66H102N4O4. The minimum Gasteiger partial charge on any atom is -0.493 e. The zero-order chi connectivity index (χ0) is 55.1. The van der Waals surface area contributed by atoms with Crippen LogP contribution in [0.4, 0.5) is 0 Å². The van der Waals surface area contributed by atoms with E-state index in [2.05, 4.69) is 188 Å². The molecule has 0 radical (unpaired) electrons. The Morgan fingerprint density at radius 3 is 1.36 bits per heavy atom. The number of ether oxygens (including phenoxy) is 3. The number of hydrogen-bond acceptors (Lipinski definition) is 7. The first kappa shape index (κ1) is 63.5. The number of hydrogen-bond donors (Lipinski definition) is 3. The fourth-order valence-electron chi connectivity index (χ4n) is 10.7. The molecule has 0 fully saturated rings. The number of aryl methyl sites for hydroxylation is 6. The van der Waals surface area contributed by atoms with E-state index in [1.165, 1.54) is 55.6 Å². The summed E-state index contributed by atoms with van der Waals surface area (Å²) in [6, 6.07) is 29.8. The maximum Gasteiger partial charge on any atom is 0.122 e. The van der Waals surface area contributed by atoms with Crippen LogP contribution in [0.5, 0.6) is 11.5 Å². The molecule has 4 rings (SSSR count). The van der Waals surface area contributed by atoms with Crippen LogP contribution in [0.25, 0.3) is 0 Å². The Hall–Kier alpha value is -4.84. The molecule has 0 aliphatic carbocycles. The van der Waals surface area contributed by atoms with Crippen molar-refractivity contribution in [2.75, 3.05) is 19.8 Å². The van der Waals surface area contributed by atoms with E-state index in [0.29, 0.717) is 25.5 Å². The largest absolute Gasteiger partial charge is 0.493 e. The number of aliphatic hydroxyl groups excluding tert-OH is 1. The third-order valence-corrected chi connectivity index (χ3v) is 16.0. The summed E-state index contributed by atoms with van der Waals surface area (Å²) in [5.41, 5.74) is 18.9. The Morgan fingerprint density at radius 1 is 0.581 bits per heavy atom. The molecular weight excluding hydrogens is 913 g/mol. The quantitative estimate of drug-likeness (QED) is 0.0162. The lowest BCUT2D eigenvalue weighted by molar-refractivity contribution is -0.0161. The van der Waals surface area contributed by atoms with E-state index < -0.39 is 0 Å². The summed E-state index contributed by atoms with van der Waals surface area (Å²) in [4.78, 5) is 0. The van der Waals surface area contributed by atoms with Gasteiger partial charge in [-0.2, -0.15) is 10.4 Å². The summed E-state index contributed by atoms with van der Waals surface area (Å²) in [6.45, 7) is 35.3. The van der Waals surface area contributed by atoms with E-state index in [0.717, 1.165) is 114 Å². The van der Waals surface area contributed by atoms with Crippen molar-refractivity contribution in [2.45, 2.75) is 230 Å². The second-order valence-corrected chi connectivity index (χ2v) is 23.2. The molecule has 8 nitrogen and oxygen atoms in total. The van der Waals surface area contributed by atoms with Crippen LogP contribution in [0.2, 0.25) is 0 Å². The van der Waals surface area contributed by atoms with Gasteiger partial charge < -0.3 is 30.9 Å². The van der Waals surface area contributed by atoms with E-state index in [1.54, 1.807) is 0 Å². The molecule has 2 unspecified atom stereocenters. The van der Waals surface area contributed by atoms with Crippen LogP contribution in [-0.2, 0) is 28.4 Å². The Morgan fingerprint density at radius 2 is 1.00 bits per heavy atom. The fourth-order valence-corrected chi connectivity index (χ4v) is 10.7. The number of nitrogens with two attached hydrogens (primary N) is 2. The molecule has 0 aromatic heterocycles. The molecule has 410 valence electrons. The molecule has 0 saturated carbocycles. The molecule has 8 heteroatoms. The molecule has 0 spiro atoms. The first-order chi connectivity index (χ1) is 35.1. The fraction of sp³-hybridized carbons (Fsp3) is 0.606. The average molecular weight is 1020 g/mol. The SMILES string of the molecule is CCC(CC)(c1ccc(CCC(O)C(C)(C)C)c(C)c1)c1ccc(OCCCCC/C(N)=N/N)c(C)c1.CCOC(CCc1ccc(C(CC)(CC)c2ccc(OCCCCCC#N)c(C)c2)cc1C)C(C)(C)C. The molecule has 5 N–H and O–H groups in total. The van der Waals surface area contributed by atoms with E-state index in [4.69, 9.17) is 31.0 Å². The van der Waals surface area contributed by atoms with Gasteiger partial charge in [0, 0.05) is 30.3 Å². The minimum atomic E-state index is -0.301. The highest BCUT2D eigenvalue weighted by Crippen LogP contribution is 2.43. The molecule has 0 bridgehead atoms. The van der Waals surface area contributed by atoms with E-state index in [-0.39, 0.29) is 33.9 Å². The smallest absolute Gasteiger partial charge is 0.122 e. The number of amidine groups is 1. The number of unbranched alkanes of at least 4 members (excludes halogenated alkanes) is 5. The number of hydrazone groups is 1. The highest BCUT2D eigenvalue weighted by molar-refractivity contribution is 5.79. The van der Waals surface area contributed by atoms with Gasteiger partial charge in [-0.15, -0.1) is 0 Å². The van der Waals surface area contributed by atoms with Gasteiger partial charge in [0.1, 0.15) is 17.3 Å². The van der Waals surface area contributed by atoms with Gasteiger partial charge in [-0.1, -0.05) is 130 Å². The predicted molar refractivity (Wildman–Crippen MR) is 314 cm³/mol. The third kappa shape index (κ3) is 18.2. The lowest BCUT2D eigenvalue weighted by atomic mass is 9.69. The molecule has 0 amide bonds. The first-order valence-corrected chi connectivity index (χ1v) is 28.5. The van der Waals surface area contributed by atoms with E-state index in [9.17, 15) is 5.11 Å². The normalized spacial score (nSPS) is 13.2. The van der Waals surface area contributed by atoms with Crippen molar-refractivity contribution in [2.24, 2.45) is 27.5 Å². The summed E-state index contributed by atoms with van der Waals surface area (Å²) in [5.74, 6) is 7.62. The van der Waals surface area contributed by atoms with Crippen molar-refractivity contribution in [1.82, 2.24) is 0 Å². The third-order valence-electron chi connectivity index (χ3n) is 16.0. The summed E-state index contributed by atoms with van der Waals surface area (Å²) in [7, 11) is 0. The van der Waals surface area contributed by atoms with Crippen LogP contribution in [0, 0.1) is 49.9 Å². The second-order valence-electron chi connectivity index (χ2n) is 23.2. The van der Waals surface area contributed by atoms with Gasteiger partial charge in [0.25, 0.3) is 0 Å². The lowest BCUT2D eigenvalue weighted by Gasteiger charge is -2.34. The highest BCUT2D eigenvalue weighted by atomic mass is 16.5. The molecule has 0 aliphatic rings. The molecule has 0 aliphatic heterocycles. The predicted octanol–water partition coefficient (Wildman–Crippen LogP) is 16.2. The van der Waals surface area contributed by atoms with Gasteiger partial charge in [0.05, 0.1) is 31.5 Å².